The number of carbonyl (C=O) groups excluding carboxylic acids is 1. The first kappa shape index (κ1) is 23.9. The van der Waals surface area contributed by atoms with Gasteiger partial charge in [-0.25, -0.2) is 9.36 Å². The van der Waals surface area contributed by atoms with Gasteiger partial charge in [-0.1, -0.05) is 18.2 Å². The van der Waals surface area contributed by atoms with E-state index in [1.165, 1.54) is 18.9 Å². The molecule has 0 bridgehead atoms. The molecule has 0 aliphatic rings. The number of aryl methyl sites for hydroxylation is 1. The zero-order valence-corrected chi connectivity index (χ0v) is 20.9. The number of benzene rings is 2. The molecular formula is C27H26N6O4. The van der Waals surface area contributed by atoms with E-state index >= 15 is 0 Å². The Morgan fingerprint density at radius 3 is 2.22 bits per heavy atom. The third-order valence-corrected chi connectivity index (χ3v) is 6.10. The highest BCUT2D eigenvalue weighted by Gasteiger charge is 2.25. The van der Waals surface area contributed by atoms with Gasteiger partial charge in [0.05, 0.1) is 25.6 Å². The number of anilines is 1. The fraction of sp³-hybridized carbons (Fsp3) is 0.185. The molecule has 10 heteroatoms. The van der Waals surface area contributed by atoms with Gasteiger partial charge in [0.25, 0.3) is 5.56 Å². The lowest BCUT2D eigenvalue weighted by molar-refractivity contribution is -0.119. The lowest BCUT2D eigenvalue weighted by Crippen LogP contribution is -2.34. The molecule has 0 aliphatic heterocycles. The normalized spacial score (nSPS) is 11.9. The maximum Gasteiger partial charge on any atom is 0.280 e. The molecule has 5 rings (SSSR count). The number of methoxy groups -OCH3 is 2. The van der Waals surface area contributed by atoms with Crippen molar-refractivity contribution >= 4 is 22.5 Å². The van der Waals surface area contributed by atoms with Gasteiger partial charge in [0.15, 0.2) is 5.82 Å². The van der Waals surface area contributed by atoms with Gasteiger partial charge in [0, 0.05) is 36.3 Å². The van der Waals surface area contributed by atoms with Crippen molar-refractivity contribution in [2.24, 2.45) is 0 Å². The second-order valence-electron chi connectivity index (χ2n) is 8.49. The molecule has 0 aliphatic carbocycles. The fourth-order valence-electron chi connectivity index (χ4n) is 4.19. The third-order valence-electron chi connectivity index (χ3n) is 6.10. The van der Waals surface area contributed by atoms with Crippen LogP contribution in [0.1, 0.15) is 18.7 Å². The minimum absolute atomic E-state index is 0.371. The van der Waals surface area contributed by atoms with Gasteiger partial charge in [0.2, 0.25) is 5.91 Å². The van der Waals surface area contributed by atoms with Crippen LogP contribution in [0.2, 0.25) is 0 Å². The number of para-hydroxylation sites is 1. The Morgan fingerprint density at radius 2 is 1.59 bits per heavy atom. The number of hydrogen-bond acceptors (Lipinski definition) is 6. The number of carbonyl (C=O) groups is 1. The van der Waals surface area contributed by atoms with Crippen molar-refractivity contribution in [2.75, 3.05) is 19.5 Å². The van der Waals surface area contributed by atoms with E-state index in [-0.39, 0.29) is 0 Å². The Labute approximate surface area is 212 Å². The number of nitrogens with one attached hydrogen (secondary N) is 1. The van der Waals surface area contributed by atoms with Gasteiger partial charge in [-0.3, -0.25) is 9.59 Å². The SMILES string of the molecule is COc1cc(NC(=O)[C@@H](C)n2nc(C)c3nn(-c4ccccc4)c(-n4cccc4)c3c2=O)cc(OC)c1. The molecule has 188 valence electrons. The third kappa shape index (κ3) is 4.33. The second kappa shape index (κ2) is 9.65. The summed E-state index contributed by atoms with van der Waals surface area (Å²) in [5.74, 6) is 1.21. The fourth-order valence-corrected chi connectivity index (χ4v) is 4.19. The zero-order chi connectivity index (χ0) is 26.1. The highest BCUT2D eigenvalue weighted by molar-refractivity contribution is 5.94. The summed E-state index contributed by atoms with van der Waals surface area (Å²) in [6, 6.07) is 17.4. The van der Waals surface area contributed by atoms with E-state index < -0.39 is 17.5 Å². The predicted molar refractivity (Wildman–Crippen MR) is 140 cm³/mol. The van der Waals surface area contributed by atoms with Crippen LogP contribution in [0, 0.1) is 6.92 Å². The van der Waals surface area contributed by atoms with Gasteiger partial charge < -0.3 is 19.4 Å². The van der Waals surface area contributed by atoms with Crippen molar-refractivity contribution in [1.29, 1.82) is 0 Å². The van der Waals surface area contributed by atoms with E-state index in [2.05, 4.69) is 10.4 Å². The van der Waals surface area contributed by atoms with Crippen molar-refractivity contribution in [1.82, 2.24) is 24.1 Å². The second-order valence-corrected chi connectivity index (χ2v) is 8.49. The summed E-state index contributed by atoms with van der Waals surface area (Å²) in [6.45, 7) is 3.40. The quantitative estimate of drug-likeness (QED) is 0.365. The Kier molecular flexibility index (Phi) is 6.22. The first-order chi connectivity index (χ1) is 17.9. The number of nitrogens with zero attached hydrogens (tertiary/aromatic N) is 5. The number of fused-ring (bicyclic) bond motifs is 1. The highest BCUT2D eigenvalue weighted by Crippen LogP contribution is 2.27. The summed E-state index contributed by atoms with van der Waals surface area (Å²) < 4.78 is 15.3. The number of rotatable bonds is 7. The van der Waals surface area contributed by atoms with Crippen LogP contribution in [-0.2, 0) is 4.79 Å². The van der Waals surface area contributed by atoms with E-state index in [1.807, 2.05) is 59.4 Å². The minimum Gasteiger partial charge on any atom is -0.497 e. The van der Waals surface area contributed by atoms with Crippen LogP contribution in [0.4, 0.5) is 5.69 Å². The zero-order valence-electron chi connectivity index (χ0n) is 20.9. The molecule has 5 aromatic rings. The number of aromatic nitrogens is 5. The van der Waals surface area contributed by atoms with Crippen molar-refractivity contribution in [3.8, 4) is 23.0 Å². The summed E-state index contributed by atoms with van der Waals surface area (Å²) in [6.07, 6.45) is 3.70. The van der Waals surface area contributed by atoms with Gasteiger partial charge >= 0.3 is 0 Å². The van der Waals surface area contributed by atoms with Gasteiger partial charge in [-0.15, -0.1) is 0 Å². The molecule has 0 saturated heterocycles. The molecule has 0 radical (unpaired) electrons. The average molecular weight is 499 g/mol. The maximum absolute atomic E-state index is 13.9. The summed E-state index contributed by atoms with van der Waals surface area (Å²) in [5, 5.41) is 12.4. The van der Waals surface area contributed by atoms with Gasteiger partial charge in [-0.2, -0.15) is 10.2 Å². The van der Waals surface area contributed by atoms with Crippen LogP contribution in [0.5, 0.6) is 11.5 Å². The van der Waals surface area contributed by atoms with E-state index in [4.69, 9.17) is 14.6 Å². The Hall–Kier alpha value is -4.86. The van der Waals surface area contributed by atoms with Gasteiger partial charge in [-0.05, 0) is 38.1 Å². The first-order valence-corrected chi connectivity index (χ1v) is 11.7. The Balaban J connectivity index is 1.62. The summed E-state index contributed by atoms with van der Waals surface area (Å²) in [5.41, 5.74) is 1.85. The van der Waals surface area contributed by atoms with E-state index in [1.54, 1.807) is 36.7 Å². The highest BCUT2D eigenvalue weighted by atomic mass is 16.5. The molecule has 0 unspecified atom stereocenters. The van der Waals surface area contributed by atoms with Crippen LogP contribution >= 0.6 is 0 Å². The summed E-state index contributed by atoms with van der Waals surface area (Å²) in [4.78, 5) is 27.1. The predicted octanol–water partition coefficient (Wildman–Crippen LogP) is 3.90. The number of hydrogen-bond donors (Lipinski definition) is 1. The van der Waals surface area contributed by atoms with Crippen LogP contribution < -0.4 is 20.3 Å². The number of amides is 1. The van der Waals surface area contributed by atoms with Crippen molar-refractivity contribution < 1.29 is 14.3 Å². The van der Waals surface area contributed by atoms with Crippen LogP contribution in [0.15, 0.2) is 77.9 Å². The van der Waals surface area contributed by atoms with E-state index in [9.17, 15) is 9.59 Å². The molecule has 1 atom stereocenters. The van der Waals surface area contributed by atoms with E-state index in [0.717, 1.165) is 5.69 Å². The van der Waals surface area contributed by atoms with E-state index in [0.29, 0.717) is 39.6 Å². The minimum atomic E-state index is -0.912. The van der Waals surface area contributed by atoms with Crippen molar-refractivity contribution in [3.63, 3.8) is 0 Å². The molecule has 0 saturated carbocycles. The standard InChI is InChI=1S/C27H26N6O4/c1-17-24-23(26(31-12-8-9-13-31)33(30-24)20-10-6-5-7-11-20)27(35)32(29-17)18(2)25(34)28-19-14-21(36-3)16-22(15-19)37-4/h5-16,18H,1-4H3,(H,28,34)/t18-/m1/s1. The molecule has 0 fully saturated rings. The maximum atomic E-state index is 13.9. The average Bonchev–Trinajstić information content (AvgIpc) is 3.59. The van der Waals surface area contributed by atoms with Gasteiger partial charge in [0.1, 0.15) is 28.4 Å². The first-order valence-electron chi connectivity index (χ1n) is 11.7. The van der Waals surface area contributed by atoms with Crippen molar-refractivity contribution in [2.45, 2.75) is 19.9 Å². The molecule has 10 nitrogen and oxygen atoms in total. The van der Waals surface area contributed by atoms with Crippen LogP contribution in [0.25, 0.3) is 22.4 Å². The monoisotopic (exact) mass is 498 g/mol. The molecule has 1 N–H and O–H groups in total. The molecule has 37 heavy (non-hydrogen) atoms. The molecule has 3 aromatic heterocycles. The topological polar surface area (TPSA) is 105 Å². The lowest BCUT2D eigenvalue weighted by Gasteiger charge is -2.16. The smallest absolute Gasteiger partial charge is 0.280 e. The van der Waals surface area contributed by atoms with Crippen molar-refractivity contribution in [3.05, 3.63) is 89.1 Å². The lowest BCUT2D eigenvalue weighted by atomic mass is 10.2. The molecule has 0 spiro atoms. The Bertz CT molecular complexity index is 1620. The van der Waals surface area contributed by atoms with Crippen LogP contribution in [0.3, 0.4) is 0 Å². The molecular weight excluding hydrogens is 472 g/mol. The number of ether oxygens (including phenoxy) is 2. The molecule has 1 amide bonds. The van der Waals surface area contributed by atoms with Crippen LogP contribution in [-0.4, -0.2) is 44.3 Å². The summed E-state index contributed by atoms with van der Waals surface area (Å²) >= 11 is 0. The molecule has 2 aromatic carbocycles. The summed E-state index contributed by atoms with van der Waals surface area (Å²) in [7, 11) is 3.06. The Morgan fingerprint density at radius 1 is 0.946 bits per heavy atom. The largest absolute Gasteiger partial charge is 0.497 e. The molecule has 3 heterocycles.